The zero-order valence-electron chi connectivity index (χ0n) is 16.1. The molecule has 0 saturated carbocycles. The second-order valence-electron chi connectivity index (χ2n) is 6.99. The zero-order valence-corrected chi connectivity index (χ0v) is 16.1. The Kier molecular flexibility index (Phi) is 7.05. The summed E-state index contributed by atoms with van der Waals surface area (Å²) < 4.78 is 8.09. The summed E-state index contributed by atoms with van der Waals surface area (Å²) in [5, 5.41) is 0. The summed E-state index contributed by atoms with van der Waals surface area (Å²) in [4.78, 5) is 4.28. The molecular formula is C22H30N2O. The lowest BCUT2D eigenvalue weighted by Gasteiger charge is -2.12. The molecule has 1 aromatic carbocycles. The molecule has 0 aliphatic rings. The van der Waals surface area contributed by atoms with E-state index < -0.39 is 0 Å². The lowest BCUT2D eigenvalue weighted by atomic mass is 10.1. The van der Waals surface area contributed by atoms with E-state index in [4.69, 9.17) is 4.74 Å². The average Bonchev–Trinajstić information content (AvgIpc) is 3.05. The molecule has 2 rings (SSSR count). The van der Waals surface area contributed by atoms with E-state index in [1.807, 2.05) is 24.7 Å². The summed E-state index contributed by atoms with van der Waals surface area (Å²) in [7, 11) is 0. The van der Waals surface area contributed by atoms with Crippen LogP contribution in [0.4, 0.5) is 0 Å². The van der Waals surface area contributed by atoms with Crippen molar-refractivity contribution in [1.82, 2.24) is 9.55 Å². The van der Waals surface area contributed by atoms with Crippen molar-refractivity contribution in [3.8, 4) is 17.0 Å². The summed E-state index contributed by atoms with van der Waals surface area (Å²) in [6.07, 6.45) is 10.4. The number of hydrogen-bond acceptors (Lipinski definition) is 2. The van der Waals surface area contributed by atoms with Crippen LogP contribution in [0, 0.1) is 0 Å². The quantitative estimate of drug-likeness (QED) is 0.536. The predicted molar refractivity (Wildman–Crippen MR) is 106 cm³/mol. The Hall–Kier alpha value is -2.29. The summed E-state index contributed by atoms with van der Waals surface area (Å²) in [5.41, 5.74) is 5.00. The Balaban J connectivity index is 1.98. The maximum atomic E-state index is 5.92. The van der Waals surface area contributed by atoms with Crippen LogP contribution in [0.15, 0.2) is 60.1 Å². The second-order valence-corrected chi connectivity index (χ2v) is 6.99. The Morgan fingerprint density at radius 3 is 2.72 bits per heavy atom. The van der Waals surface area contributed by atoms with Crippen LogP contribution in [0.3, 0.4) is 0 Å². The normalized spacial score (nSPS) is 11.7. The van der Waals surface area contributed by atoms with Gasteiger partial charge in [0.15, 0.2) is 0 Å². The minimum atomic E-state index is 0.383. The van der Waals surface area contributed by atoms with Crippen LogP contribution in [-0.2, 0) is 0 Å². The number of aromatic nitrogens is 2. The van der Waals surface area contributed by atoms with Crippen LogP contribution in [0.2, 0.25) is 0 Å². The van der Waals surface area contributed by atoms with Gasteiger partial charge < -0.3 is 9.30 Å². The van der Waals surface area contributed by atoms with E-state index >= 15 is 0 Å². The third-order valence-corrected chi connectivity index (χ3v) is 4.13. The first-order valence-electron chi connectivity index (χ1n) is 9.01. The predicted octanol–water partition coefficient (Wildman–Crippen LogP) is 6.20. The molecule has 0 radical (unpaired) electrons. The van der Waals surface area contributed by atoms with Crippen LogP contribution in [-0.4, -0.2) is 16.2 Å². The molecule has 0 saturated heterocycles. The average molecular weight is 338 g/mol. The lowest BCUT2D eigenvalue weighted by Crippen LogP contribution is -2.01. The number of allylic oxidation sites excluding steroid dienone is 3. The number of nitrogens with zero attached hydrogens (tertiary/aromatic N) is 2. The van der Waals surface area contributed by atoms with E-state index in [0.717, 1.165) is 29.8 Å². The van der Waals surface area contributed by atoms with Gasteiger partial charge in [0.1, 0.15) is 12.4 Å². The highest BCUT2D eigenvalue weighted by Gasteiger charge is 2.08. The van der Waals surface area contributed by atoms with Crippen molar-refractivity contribution in [2.75, 3.05) is 6.61 Å². The van der Waals surface area contributed by atoms with Crippen molar-refractivity contribution in [2.24, 2.45) is 0 Å². The number of ether oxygens (including phenoxy) is 1. The smallest absolute Gasteiger partial charge is 0.120 e. The molecule has 1 heterocycles. The Labute approximate surface area is 152 Å². The van der Waals surface area contributed by atoms with Crippen LogP contribution in [0.1, 0.15) is 53.5 Å². The fraction of sp³-hybridized carbons (Fsp3) is 0.409. The molecular weight excluding hydrogens is 308 g/mol. The molecule has 0 N–H and O–H groups in total. The molecule has 134 valence electrons. The van der Waals surface area contributed by atoms with E-state index in [1.165, 1.54) is 11.1 Å². The fourth-order valence-corrected chi connectivity index (χ4v) is 2.66. The largest absolute Gasteiger partial charge is 0.490 e. The molecule has 0 aliphatic carbocycles. The van der Waals surface area contributed by atoms with Crippen molar-refractivity contribution in [1.29, 1.82) is 0 Å². The summed E-state index contributed by atoms with van der Waals surface area (Å²) in [6, 6.07) is 8.61. The van der Waals surface area contributed by atoms with E-state index in [0.29, 0.717) is 12.6 Å². The summed E-state index contributed by atoms with van der Waals surface area (Å²) in [5.74, 6) is 0.891. The van der Waals surface area contributed by atoms with Crippen LogP contribution >= 0.6 is 0 Å². The van der Waals surface area contributed by atoms with Gasteiger partial charge in [-0.05, 0) is 65.7 Å². The molecule has 1 aromatic heterocycles. The van der Waals surface area contributed by atoms with Gasteiger partial charge in [-0.2, -0.15) is 0 Å². The van der Waals surface area contributed by atoms with Gasteiger partial charge in [0.05, 0.1) is 18.2 Å². The highest BCUT2D eigenvalue weighted by molar-refractivity contribution is 5.61. The van der Waals surface area contributed by atoms with Crippen LogP contribution in [0.25, 0.3) is 11.3 Å². The number of hydrogen-bond donors (Lipinski definition) is 0. The maximum Gasteiger partial charge on any atom is 0.120 e. The molecule has 0 spiro atoms. The summed E-state index contributed by atoms with van der Waals surface area (Å²) >= 11 is 0. The number of imidazole rings is 1. The minimum absolute atomic E-state index is 0.383. The molecule has 0 fully saturated rings. The van der Waals surface area contributed by atoms with E-state index in [2.05, 4.69) is 68.5 Å². The molecule has 3 nitrogen and oxygen atoms in total. The molecule has 3 heteroatoms. The first kappa shape index (κ1) is 19.0. The van der Waals surface area contributed by atoms with Gasteiger partial charge in [-0.15, -0.1) is 0 Å². The topological polar surface area (TPSA) is 27.1 Å². The van der Waals surface area contributed by atoms with Gasteiger partial charge in [-0.25, -0.2) is 4.98 Å². The molecule has 2 aromatic rings. The van der Waals surface area contributed by atoms with Crippen LogP contribution in [0.5, 0.6) is 5.75 Å². The molecule has 0 atom stereocenters. The first-order chi connectivity index (χ1) is 12.0. The Morgan fingerprint density at radius 2 is 2.00 bits per heavy atom. The van der Waals surface area contributed by atoms with Gasteiger partial charge in [0, 0.05) is 11.6 Å². The maximum absolute atomic E-state index is 5.92. The summed E-state index contributed by atoms with van der Waals surface area (Å²) in [6.45, 7) is 11.4. The molecule has 25 heavy (non-hydrogen) atoms. The standard InChI is InChI=1S/C22H30N2O/c1-17(2)8-6-9-19(5)12-13-25-21-11-7-10-20(14-21)22-15-23-16-24(22)18(3)4/h7-8,10-12,14-16,18H,6,9,13H2,1-5H3/b19-12+. The molecule has 0 unspecified atom stereocenters. The minimum Gasteiger partial charge on any atom is -0.490 e. The molecule has 0 aliphatic heterocycles. The van der Waals surface area contributed by atoms with Gasteiger partial charge in [-0.3, -0.25) is 0 Å². The SMILES string of the molecule is CC(C)=CCC/C(C)=C/COc1cccc(-c2cncn2C(C)C)c1. The third-order valence-electron chi connectivity index (χ3n) is 4.13. The highest BCUT2D eigenvalue weighted by Crippen LogP contribution is 2.26. The fourth-order valence-electron chi connectivity index (χ4n) is 2.66. The Morgan fingerprint density at radius 1 is 1.20 bits per heavy atom. The molecule has 0 amide bonds. The number of rotatable bonds is 8. The second kappa shape index (κ2) is 9.26. The van der Waals surface area contributed by atoms with Crippen molar-refractivity contribution >= 4 is 0 Å². The number of benzene rings is 1. The highest BCUT2D eigenvalue weighted by atomic mass is 16.5. The van der Waals surface area contributed by atoms with Gasteiger partial charge in [-0.1, -0.05) is 29.4 Å². The Bertz CT molecular complexity index is 734. The van der Waals surface area contributed by atoms with E-state index in [1.54, 1.807) is 0 Å². The zero-order chi connectivity index (χ0) is 18.2. The van der Waals surface area contributed by atoms with Gasteiger partial charge >= 0.3 is 0 Å². The molecule has 0 bridgehead atoms. The van der Waals surface area contributed by atoms with Crippen LogP contribution < -0.4 is 4.74 Å². The van der Waals surface area contributed by atoms with Crippen molar-refractivity contribution < 1.29 is 4.74 Å². The first-order valence-corrected chi connectivity index (χ1v) is 9.01. The van der Waals surface area contributed by atoms with Gasteiger partial charge in [0.25, 0.3) is 0 Å². The van der Waals surface area contributed by atoms with Crippen molar-refractivity contribution in [3.63, 3.8) is 0 Å². The van der Waals surface area contributed by atoms with Crippen molar-refractivity contribution in [2.45, 2.75) is 53.5 Å². The van der Waals surface area contributed by atoms with E-state index in [9.17, 15) is 0 Å². The van der Waals surface area contributed by atoms with Gasteiger partial charge in [0.2, 0.25) is 0 Å². The monoisotopic (exact) mass is 338 g/mol. The van der Waals surface area contributed by atoms with E-state index in [-0.39, 0.29) is 0 Å². The third kappa shape index (κ3) is 5.93. The lowest BCUT2D eigenvalue weighted by molar-refractivity contribution is 0.362. The van der Waals surface area contributed by atoms with Crippen molar-refractivity contribution in [3.05, 3.63) is 60.1 Å².